The molecule has 0 radical (unpaired) electrons. The summed E-state index contributed by atoms with van der Waals surface area (Å²) < 4.78 is 40.5. The summed E-state index contributed by atoms with van der Waals surface area (Å²) in [5, 5.41) is 15.6. The molecule has 3 aromatic rings. The zero-order chi connectivity index (χ0) is 24.3. The second-order valence-electron chi connectivity index (χ2n) is 7.66. The lowest BCUT2D eigenvalue weighted by atomic mass is 10.1. The number of benzene rings is 2. The summed E-state index contributed by atoms with van der Waals surface area (Å²) in [6, 6.07) is 12.0. The number of para-hydroxylation sites is 1. The first-order valence-electron chi connectivity index (χ1n) is 10.4. The van der Waals surface area contributed by atoms with Gasteiger partial charge < -0.3 is 9.80 Å². The first kappa shape index (κ1) is 23.0. The summed E-state index contributed by atoms with van der Waals surface area (Å²) in [6.45, 7) is 1.09. The minimum absolute atomic E-state index is 0.106. The fraction of sp³-hybridized carbons (Fsp3) is 0.217. The van der Waals surface area contributed by atoms with E-state index in [2.05, 4.69) is 5.10 Å². The van der Waals surface area contributed by atoms with Crippen molar-refractivity contribution >= 4 is 23.4 Å². The molecule has 1 aromatic heterocycles. The Hall–Kier alpha value is -4.15. The molecule has 0 bridgehead atoms. The molecule has 1 saturated heterocycles. The van der Waals surface area contributed by atoms with Crippen molar-refractivity contribution < 1.29 is 22.9 Å². The molecule has 0 atom stereocenters. The predicted molar refractivity (Wildman–Crippen MR) is 119 cm³/mol. The molecule has 0 saturated carbocycles. The van der Waals surface area contributed by atoms with Gasteiger partial charge in [-0.25, -0.2) is 4.68 Å². The van der Waals surface area contributed by atoms with Gasteiger partial charge in [0, 0.05) is 50.1 Å². The Morgan fingerprint density at radius 2 is 1.76 bits per heavy atom. The summed E-state index contributed by atoms with van der Waals surface area (Å²) >= 11 is 0. The SMILES string of the molecule is O=C(/C=C/c1cnn(-c2ccccc2)c1)N1CCN(c2ccc(C(F)(F)F)cc2[N+](=O)[O-])CC1. The van der Waals surface area contributed by atoms with Crippen molar-refractivity contribution in [3.05, 3.63) is 88.2 Å². The summed E-state index contributed by atoms with van der Waals surface area (Å²) in [4.78, 5) is 26.3. The van der Waals surface area contributed by atoms with Crippen LogP contribution in [0, 0.1) is 10.1 Å². The average molecular weight is 471 g/mol. The maximum absolute atomic E-state index is 12.9. The predicted octanol–water partition coefficient (Wildman–Crippen LogP) is 4.16. The lowest BCUT2D eigenvalue weighted by Gasteiger charge is -2.35. The Kier molecular flexibility index (Phi) is 6.35. The van der Waals surface area contributed by atoms with Gasteiger partial charge in [0.2, 0.25) is 5.91 Å². The van der Waals surface area contributed by atoms with Crippen LogP contribution >= 0.6 is 0 Å². The highest BCUT2D eigenvalue weighted by molar-refractivity contribution is 5.92. The Bertz CT molecular complexity index is 1220. The van der Waals surface area contributed by atoms with Crippen LogP contribution in [0.1, 0.15) is 11.1 Å². The topological polar surface area (TPSA) is 84.5 Å². The molecule has 11 heteroatoms. The standard InChI is InChI=1S/C23H20F3N5O3/c24-23(25,26)18-7-8-20(21(14-18)31(33)34)28-10-12-29(13-11-28)22(32)9-6-17-15-27-30(16-17)19-4-2-1-3-5-19/h1-9,14-16H,10-13H2/b9-6+. The molecule has 34 heavy (non-hydrogen) atoms. The molecule has 0 unspecified atom stereocenters. The highest BCUT2D eigenvalue weighted by atomic mass is 19.4. The number of alkyl halides is 3. The first-order valence-corrected chi connectivity index (χ1v) is 10.4. The third-order valence-electron chi connectivity index (χ3n) is 5.47. The molecule has 1 aliphatic rings. The highest BCUT2D eigenvalue weighted by Crippen LogP contribution is 2.36. The Labute approximate surface area is 192 Å². The van der Waals surface area contributed by atoms with E-state index in [0.29, 0.717) is 6.07 Å². The summed E-state index contributed by atoms with van der Waals surface area (Å²) in [5.41, 5.74) is 0.0644. The largest absolute Gasteiger partial charge is 0.416 e. The smallest absolute Gasteiger partial charge is 0.362 e. The van der Waals surface area contributed by atoms with Crippen LogP contribution in [0.3, 0.4) is 0 Å². The summed E-state index contributed by atoms with van der Waals surface area (Å²) in [7, 11) is 0. The van der Waals surface area contributed by atoms with E-state index in [1.54, 1.807) is 33.0 Å². The molecule has 1 aliphatic heterocycles. The molecular formula is C23H20F3N5O3. The van der Waals surface area contributed by atoms with Crippen molar-refractivity contribution in [3.8, 4) is 5.69 Å². The van der Waals surface area contributed by atoms with Gasteiger partial charge in [-0.2, -0.15) is 18.3 Å². The van der Waals surface area contributed by atoms with Gasteiger partial charge in [0.05, 0.1) is 22.4 Å². The van der Waals surface area contributed by atoms with Crippen LogP contribution in [-0.2, 0) is 11.0 Å². The van der Waals surface area contributed by atoms with Crippen LogP contribution in [0.5, 0.6) is 0 Å². The fourth-order valence-electron chi connectivity index (χ4n) is 3.70. The van der Waals surface area contributed by atoms with Gasteiger partial charge >= 0.3 is 6.18 Å². The Balaban J connectivity index is 1.39. The molecule has 176 valence electrons. The van der Waals surface area contributed by atoms with Crippen LogP contribution in [0.25, 0.3) is 11.8 Å². The van der Waals surface area contributed by atoms with Crippen LogP contribution in [0.15, 0.2) is 67.0 Å². The number of hydrogen-bond donors (Lipinski definition) is 0. The monoisotopic (exact) mass is 471 g/mol. The molecule has 1 fully saturated rings. The first-order chi connectivity index (χ1) is 16.2. The number of aromatic nitrogens is 2. The van der Waals surface area contributed by atoms with Gasteiger partial charge in [0.15, 0.2) is 0 Å². The number of carbonyl (C=O) groups excluding carboxylic acids is 1. The number of rotatable bonds is 5. The average Bonchev–Trinajstić information content (AvgIpc) is 3.31. The number of carbonyl (C=O) groups is 1. The number of amides is 1. The molecular weight excluding hydrogens is 451 g/mol. The molecule has 2 heterocycles. The van der Waals surface area contributed by atoms with Crippen molar-refractivity contribution in [3.63, 3.8) is 0 Å². The number of halogens is 3. The number of nitro benzene ring substituents is 1. The summed E-state index contributed by atoms with van der Waals surface area (Å²) in [5.74, 6) is -0.228. The van der Waals surface area contributed by atoms with Crippen LogP contribution < -0.4 is 4.90 Å². The van der Waals surface area contributed by atoms with Crippen molar-refractivity contribution in [1.29, 1.82) is 0 Å². The second-order valence-corrected chi connectivity index (χ2v) is 7.66. The van der Waals surface area contributed by atoms with Crippen molar-refractivity contribution in [1.82, 2.24) is 14.7 Å². The number of hydrogen-bond acceptors (Lipinski definition) is 5. The van der Waals surface area contributed by atoms with Crippen molar-refractivity contribution in [2.24, 2.45) is 0 Å². The molecule has 0 aliphatic carbocycles. The molecule has 0 spiro atoms. The normalized spacial score (nSPS) is 14.6. The minimum Gasteiger partial charge on any atom is -0.362 e. The maximum Gasteiger partial charge on any atom is 0.416 e. The van der Waals surface area contributed by atoms with Crippen molar-refractivity contribution in [2.45, 2.75) is 6.18 Å². The van der Waals surface area contributed by atoms with E-state index in [-0.39, 0.29) is 37.8 Å². The Morgan fingerprint density at radius 1 is 1.06 bits per heavy atom. The van der Waals surface area contributed by atoms with Gasteiger partial charge in [-0.1, -0.05) is 18.2 Å². The van der Waals surface area contributed by atoms with Gasteiger partial charge in [-0.3, -0.25) is 14.9 Å². The fourth-order valence-corrected chi connectivity index (χ4v) is 3.70. The Morgan fingerprint density at radius 3 is 2.41 bits per heavy atom. The molecule has 8 nitrogen and oxygen atoms in total. The second kappa shape index (κ2) is 9.38. The molecule has 0 N–H and O–H groups in total. The van der Waals surface area contributed by atoms with E-state index in [0.717, 1.165) is 23.4 Å². The highest BCUT2D eigenvalue weighted by Gasteiger charge is 2.34. The summed E-state index contributed by atoms with van der Waals surface area (Å²) in [6.07, 6.45) is 1.85. The quantitative estimate of drug-likeness (QED) is 0.317. The number of nitrogens with zero attached hydrogens (tertiary/aromatic N) is 5. The number of anilines is 1. The third-order valence-corrected chi connectivity index (χ3v) is 5.47. The molecule has 4 rings (SSSR count). The van der Waals surface area contributed by atoms with E-state index >= 15 is 0 Å². The molecule has 2 aromatic carbocycles. The minimum atomic E-state index is -4.67. The lowest BCUT2D eigenvalue weighted by Crippen LogP contribution is -2.48. The van der Waals surface area contributed by atoms with Crippen LogP contribution in [-0.4, -0.2) is 51.7 Å². The lowest BCUT2D eigenvalue weighted by molar-refractivity contribution is -0.384. The van der Waals surface area contributed by atoms with Gasteiger partial charge in [0.25, 0.3) is 5.69 Å². The van der Waals surface area contributed by atoms with E-state index in [9.17, 15) is 28.1 Å². The van der Waals surface area contributed by atoms with E-state index in [4.69, 9.17) is 0 Å². The zero-order valence-corrected chi connectivity index (χ0v) is 17.9. The number of piperazine rings is 1. The molecule has 1 amide bonds. The zero-order valence-electron chi connectivity index (χ0n) is 17.9. The van der Waals surface area contributed by atoms with Gasteiger partial charge in [-0.05, 0) is 30.3 Å². The van der Waals surface area contributed by atoms with Crippen molar-refractivity contribution in [2.75, 3.05) is 31.1 Å². The van der Waals surface area contributed by atoms with Gasteiger partial charge in [0.1, 0.15) is 5.69 Å². The van der Waals surface area contributed by atoms with E-state index in [1.807, 2.05) is 30.3 Å². The van der Waals surface area contributed by atoms with E-state index < -0.39 is 22.4 Å². The third kappa shape index (κ3) is 5.08. The maximum atomic E-state index is 12.9. The van der Waals surface area contributed by atoms with Crippen LogP contribution in [0.4, 0.5) is 24.5 Å². The van der Waals surface area contributed by atoms with Crippen LogP contribution in [0.2, 0.25) is 0 Å². The van der Waals surface area contributed by atoms with Gasteiger partial charge in [-0.15, -0.1) is 0 Å². The van der Waals surface area contributed by atoms with E-state index in [1.165, 1.54) is 6.08 Å². The number of nitro groups is 1.